The quantitative estimate of drug-likeness (QED) is 0.286. The number of likely N-dealkylation sites (tertiary alicyclic amines) is 1. The van der Waals surface area contributed by atoms with E-state index < -0.39 is 21.9 Å². The highest BCUT2D eigenvalue weighted by Crippen LogP contribution is 2.47. The molecule has 4 heterocycles. The number of nitrogens with one attached hydrogen (secondary N) is 1. The second-order valence-corrected chi connectivity index (χ2v) is 18.1. The summed E-state index contributed by atoms with van der Waals surface area (Å²) in [6.07, 6.45) is 11.3. The van der Waals surface area contributed by atoms with E-state index in [1.165, 1.54) is 16.0 Å². The summed E-state index contributed by atoms with van der Waals surface area (Å²) >= 11 is 6.47. The number of carbonyl (C=O) groups excluding carboxylic acids is 2. The van der Waals surface area contributed by atoms with E-state index in [1.807, 2.05) is 31.2 Å². The lowest BCUT2D eigenvalue weighted by molar-refractivity contribution is 0.0131. The number of fused-ring (bicyclic) bond motifs is 4. The maximum atomic E-state index is 14.6. The van der Waals surface area contributed by atoms with Gasteiger partial charge in [-0.3, -0.25) is 9.52 Å². The molecule has 2 aliphatic carbocycles. The Labute approximate surface area is 322 Å². The summed E-state index contributed by atoms with van der Waals surface area (Å²) in [6.45, 7) is 4.54. The van der Waals surface area contributed by atoms with Crippen molar-refractivity contribution >= 4 is 39.1 Å². The summed E-state index contributed by atoms with van der Waals surface area (Å²) in [5, 5.41) is 0.738. The van der Waals surface area contributed by atoms with Gasteiger partial charge in [0.25, 0.3) is 5.91 Å². The van der Waals surface area contributed by atoms with Crippen molar-refractivity contribution in [2.75, 3.05) is 50.5 Å². The molecule has 2 fully saturated rings. The molecule has 0 radical (unpaired) electrons. The second-order valence-electron chi connectivity index (χ2n) is 15.7. The van der Waals surface area contributed by atoms with Gasteiger partial charge >= 0.3 is 6.03 Å². The van der Waals surface area contributed by atoms with Crippen molar-refractivity contribution in [2.24, 2.45) is 22.1 Å². The minimum atomic E-state index is -3.53. The molecule has 3 aliphatic heterocycles. The number of halogens is 1. The molecule has 11 nitrogen and oxygen atoms in total. The zero-order valence-corrected chi connectivity index (χ0v) is 32.4. The van der Waals surface area contributed by atoms with Crippen LogP contribution in [0.3, 0.4) is 0 Å². The van der Waals surface area contributed by atoms with Crippen LogP contribution < -0.4 is 19.1 Å². The lowest BCUT2D eigenvalue weighted by atomic mass is 9.68. The number of nitrogens with zero attached hydrogens (tertiary/aromatic N) is 4. The maximum absolute atomic E-state index is 14.6. The molecule has 2 aromatic carbocycles. The molecule has 1 N–H and O–H groups in total. The molecule has 1 spiro atoms. The van der Waals surface area contributed by atoms with Gasteiger partial charge < -0.3 is 24.0 Å². The number of ether oxygens (including phenoxy) is 3. The highest BCUT2D eigenvalue weighted by atomic mass is 35.5. The Kier molecular flexibility index (Phi) is 10.4. The highest BCUT2D eigenvalue weighted by molar-refractivity contribution is 7.92. The minimum Gasteiger partial charge on any atom is -0.490 e. The Bertz CT molecular complexity index is 2050. The van der Waals surface area contributed by atoms with E-state index in [2.05, 4.69) is 43.3 Å². The first-order chi connectivity index (χ1) is 26.1. The largest absolute Gasteiger partial charge is 0.490 e. The number of rotatable bonds is 4. The number of urea groups is 1. The topological polar surface area (TPSA) is 123 Å². The van der Waals surface area contributed by atoms with E-state index in [0.717, 1.165) is 49.4 Å². The van der Waals surface area contributed by atoms with Gasteiger partial charge in [-0.25, -0.2) is 14.0 Å². The lowest BCUT2D eigenvalue weighted by Crippen LogP contribution is -2.59. The van der Waals surface area contributed by atoms with Crippen LogP contribution >= 0.6 is 11.6 Å². The van der Waals surface area contributed by atoms with E-state index in [9.17, 15) is 13.8 Å². The van der Waals surface area contributed by atoms with E-state index >= 15 is 0 Å². The molecule has 3 aromatic rings. The van der Waals surface area contributed by atoms with E-state index in [4.69, 9.17) is 25.8 Å². The third-order valence-electron chi connectivity index (χ3n) is 11.8. The third-order valence-corrected chi connectivity index (χ3v) is 14.0. The number of allylic oxidation sites excluding steroid dienone is 1. The molecule has 286 valence electrons. The number of hydrogen-bond acceptors (Lipinski definition) is 8. The van der Waals surface area contributed by atoms with Crippen molar-refractivity contribution < 1.29 is 28.0 Å². The van der Waals surface area contributed by atoms with Gasteiger partial charge in [0.1, 0.15) is 21.8 Å². The molecule has 1 unspecified atom stereocenters. The van der Waals surface area contributed by atoms with Gasteiger partial charge in [0.2, 0.25) is 5.88 Å². The van der Waals surface area contributed by atoms with Crippen molar-refractivity contribution in [2.45, 2.75) is 63.1 Å². The fourth-order valence-corrected chi connectivity index (χ4v) is 10.9. The average molecular weight is 774 g/mol. The van der Waals surface area contributed by atoms with E-state index in [1.54, 1.807) is 31.5 Å². The summed E-state index contributed by atoms with van der Waals surface area (Å²) in [5.74, 6) is 1.11. The van der Waals surface area contributed by atoms with Gasteiger partial charge in [0, 0.05) is 48.5 Å². The summed E-state index contributed by atoms with van der Waals surface area (Å²) in [6, 6.07) is 16.4. The Hall–Kier alpha value is -4.13. The first kappa shape index (κ1) is 36.8. The van der Waals surface area contributed by atoms with Crippen LogP contribution in [0.4, 0.5) is 10.5 Å². The number of anilines is 1. The average Bonchev–Trinajstić information content (AvgIpc) is 3.27. The van der Waals surface area contributed by atoms with Gasteiger partial charge in [-0.2, -0.15) is 0 Å². The Morgan fingerprint density at radius 1 is 1.11 bits per heavy atom. The number of pyridine rings is 1. The smallest absolute Gasteiger partial charge is 0.330 e. The van der Waals surface area contributed by atoms with Crippen LogP contribution in [0.15, 0.2) is 77.3 Å². The molecule has 54 heavy (non-hydrogen) atoms. The number of methoxy groups -OCH3 is 1. The molecule has 13 heteroatoms. The third kappa shape index (κ3) is 7.57. The van der Waals surface area contributed by atoms with Gasteiger partial charge in [-0.15, -0.1) is 4.36 Å². The summed E-state index contributed by atoms with van der Waals surface area (Å²) in [5.41, 5.74) is 3.38. The minimum absolute atomic E-state index is 0.00630. The summed E-state index contributed by atoms with van der Waals surface area (Å²) in [7, 11) is -1.76. The van der Waals surface area contributed by atoms with Crippen molar-refractivity contribution in [1.29, 1.82) is 0 Å². The van der Waals surface area contributed by atoms with Crippen LogP contribution in [0, 0.1) is 17.8 Å². The predicted molar refractivity (Wildman–Crippen MR) is 209 cm³/mol. The zero-order valence-electron chi connectivity index (χ0n) is 30.8. The first-order valence-corrected chi connectivity index (χ1v) is 21.1. The molecule has 2 bridgehead atoms. The standard InChI is InChI=1S/C41H48ClN5O6S/c1-27-7-5-9-36(51-2)33-14-11-30(33)21-47-25-41(17-6-8-28-19-31(42)13-15-34(28)41)26-52-37-16-12-29(20-35(37)47)39(48)44-54(50,24-27)45-40(49)46-22-32(23-46)53-38-10-3-4-18-43-38/h3-5,9-10,12-13,15-16,18-20,27,30,32-33,36H,6-8,11,14,17,21-26H2,1-2H3,(H,44,45,48,49,50)/b9-5+/t27-,30-,33+,36-,41-,54?/m0/s1. The lowest BCUT2D eigenvalue weighted by Gasteiger charge is -2.46. The van der Waals surface area contributed by atoms with Gasteiger partial charge in [-0.1, -0.05) is 42.8 Å². The van der Waals surface area contributed by atoms with Crippen LogP contribution in [0.25, 0.3) is 0 Å². The first-order valence-electron chi connectivity index (χ1n) is 19.0. The van der Waals surface area contributed by atoms with Crippen LogP contribution in [-0.2, 0) is 26.5 Å². The molecular formula is C41H48ClN5O6S. The number of hydrogen-bond donors (Lipinski definition) is 1. The molecular weight excluding hydrogens is 726 g/mol. The molecule has 1 saturated heterocycles. The predicted octanol–water partition coefficient (Wildman–Crippen LogP) is 6.84. The van der Waals surface area contributed by atoms with Crippen LogP contribution in [0.5, 0.6) is 11.6 Å². The van der Waals surface area contributed by atoms with Gasteiger partial charge in [-0.05, 0) is 104 Å². The van der Waals surface area contributed by atoms with Crippen molar-refractivity contribution in [3.8, 4) is 11.6 Å². The summed E-state index contributed by atoms with van der Waals surface area (Å²) in [4.78, 5) is 35.6. The number of carbonyl (C=O) groups is 2. The number of aryl methyl sites for hydroxylation is 1. The SMILES string of the molecule is CO[C@H]1/C=C/C[C@H](C)CS(=O)(NC(=O)N2CC(Oc3ccccn3)C2)=NC(=O)c2ccc3c(c2)N(C[C@@H]2CC[C@H]21)C[C@@]1(CCCc2cc(Cl)ccc21)CO3. The van der Waals surface area contributed by atoms with Crippen molar-refractivity contribution in [3.05, 3.63) is 94.7 Å². The number of benzene rings is 2. The molecule has 1 aromatic heterocycles. The Morgan fingerprint density at radius 3 is 2.76 bits per heavy atom. The van der Waals surface area contributed by atoms with Crippen LogP contribution in [-0.4, -0.2) is 83.9 Å². The zero-order chi connectivity index (χ0) is 37.5. The van der Waals surface area contributed by atoms with Crippen molar-refractivity contribution in [3.63, 3.8) is 0 Å². The molecule has 1 saturated carbocycles. The fourth-order valence-electron chi connectivity index (χ4n) is 8.83. The molecule has 5 aliphatic rings. The number of aromatic nitrogens is 1. The van der Waals surface area contributed by atoms with E-state index in [0.29, 0.717) is 61.7 Å². The Balaban J connectivity index is 1.11. The maximum Gasteiger partial charge on any atom is 0.330 e. The van der Waals surface area contributed by atoms with Gasteiger partial charge in [0.15, 0.2) is 0 Å². The summed E-state index contributed by atoms with van der Waals surface area (Å²) < 4.78 is 40.2. The van der Waals surface area contributed by atoms with Crippen LogP contribution in [0.1, 0.15) is 60.5 Å². The fraction of sp³-hybridized carbons (Fsp3) is 0.488. The molecule has 8 rings (SSSR count). The highest BCUT2D eigenvalue weighted by Gasteiger charge is 2.44. The van der Waals surface area contributed by atoms with Crippen LogP contribution in [0.2, 0.25) is 5.02 Å². The molecule has 6 atom stereocenters. The Morgan fingerprint density at radius 2 is 1.98 bits per heavy atom. The monoisotopic (exact) mass is 773 g/mol. The molecule has 3 amide bonds. The van der Waals surface area contributed by atoms with E-state index in [-0.39, 0.29) is 29.3 Å². The van der Waals surface area contributed by atoms with Crippen molar-refractivity contribution in [1.82, 2.24) is 14.6 Å². The number of amides is 3. The van der Waals surface area contributed by atoms with Gasteiger partial charge in [0.05, 0.1) is 37.2 Å². The second kappa shape index (κ2) is 15.2. The normalized spacial score (nSPS) is 30.3.